The summed E-state index contributed by atoms with van der Waals surface area (Å²) in [6, 6.07) is 6.70. The van der Waals surface area contributed by atoms with Gasteiger partial charge in [0.1, 0.15) is 6.33 Å². The highest BCUT2D eigenvalue weighted by Gasteiger charge is 2.41. The fraction of sp³-hybridized carbons (Fsp3) is 0.389. The van der Waals surface area contributed by atoms with Crippen LogP contribution >= 0.6 is 11.8 Å². The summed E-state index contributed by atoms with van der Waals surface area (Å²) in [7, 11) is 0. The molecule has 0 saturated carbocycles. The highest BCUT2D eigenvalue weighted by atomic mass is 32.2. The molecule has 2 unspecified atom stereocenters. The van der Waals surface area contributed by atoms with Gasteiger partial charge in [0.2, 0.25) is 0 Å². The Morgan fingerprint density at radius 3 is 2.87 bits per heavy atom. The molecule has 2 atom stereocenters. The number of amidine groups is 1. The molecule has 2 aromatic rings. The molecule has 2 heterocycles. The number of thioether (sulfide) groups is 1. The van der Waals surface area contributed by atoms with Crippen LogP contribution in [0.15, 0.2) is 41.9 Å². The number of nitrogens with zero attached hydrogens (tertiary/aromatic N) is 3. The van der Waals surface area contributed by atoms with Crippen LogP contribution in [0.1, 0.15) is 30.9 Å². The van der Waals surface area contributed by atoms with Gasteiger partial charge in [0.05, 0.1) is 5.54 Å². The normalized spacial score (nSPS) is 26.7. The fourth-order valence-electron chi connectivity index (χ4n) is 3.78. The van der Waals surface area contributed by atoms with Crippen molar-refractivity contribution in [1.82, 2.24) is 9.97 Å². The highest BCUT2D eigenvalue weighted by molar-refractivity contribution is 8.13. The van der Waals surface area contributed by atoms with Gasteiger partial charge in [0.15, 0.2) is 5.17 Å². The molecule has 1 aromatic carbocycles. The van der Waals surface area contributed by atoms with Crippen LogP contribution in [-0.2, 0) is 12.0 Å². The van der Waals surface area contributed by atoms with E-state index in [1.807, 2.05) is 12.4 Å². The quantitative estimate of drug-likeness (QED) is 0.873. The molecular weight excluding hydrogens is 304 g/mol. The lowest BCUT2D eigenvalue weighted by molar-refractivity contribution is 0.317. The van der Waals surface area contributed by atoms with Gasteiger partial charge in [-0.25, -0.2) is 9.97 Å². The Hall–Kier alpha value is -1.88. The SMILES string of the molecule is CC12N=C(N)SCC1CCCc1ccc(-c3cncnc3)cc12. The zero-order valence-corrected chi connectivity index (χ0v) is 14.0. The minimum absolute atomic E-state index is 0.215. The van der Waals surface area contributed by atoms with Gasteiger partial charge in [-0.3, -0.25) is 4.99 Å². The van der Waals surface area contributed by atoms with Crippen LogP contribution in [0.25, 0.3) is 11.1 Å². The van der Waals surface area contributed by atoms with Crippen LogP contribution in [0.3, 0.4) is 0 Å². The number of nitrogens with two attached hydrogens (primary N) is 1. The molecule has 118 valence electrons. The minimum atomic E-state index is -0.215. The Balaban J connectivity index is 1.88. The molecule has 5 heteroatoms. The number of benzene rings is 1. The van der Waals surface area contributed by atoms with Gasteiger partial charge in [-0.15, -0.1) is 0 Å². The lowest BCUT2D eigenvalue weighted by Gasteiger charge is -2.37. The third-order valence-electron chi connectivity index (χ3n) is 5.12. The predicted molar refractivity (Wildman–Crippen MR) is 95.3 cm³/mol. The van der Waals surface area contributed by atoms with E-state index < -0.39 is 0 Å². The maximum Gasteiger partial charge on any atom is 0.154 e. The first-order valence-corrected chi connectivity index (χ1v) is 9.02. The predicted octanol–water partition coefficient (Wildman–Crippen LogP) is 3.37. The molecule has 4 nitrogen and oxygen atoms in total. The van der Waals surface area contributed by atoms with Gasteiger partial charge >= 0.3 is 0 Å². The number of rotatable bonds is 1. The molecule has 2 N–H and O–H groups in total. The molecule has 0 spiro atoms. The van der Waals surface area contributed by atoms with E-state index in [1.165, 1.54) is 24.0 Å². The Morgan fingerprint density at radius 2 is 2.04 bits per heavy atom. The maximum atomic E-state index is 6.08. The van der Waals surface area contributed by atoms with Crippen LogP contribution in [0.4, 0.5) is 0 Å². The standard InChI is InChI=1S/C18H20N4S/c1-18-15(10-23-17(19)22-18)4-2-3-12-5-6-13(7-16(12)18)14-8-20-11-21-9-14/h5-9,11,15H,2-4,10H2,1H3,(H2,19,22). The summed E-state index contributed by atoms with van der Waals surface area (Å²) in [5.41, 5.74) is 10.8. The van der Waals surface area contributed by atoms with Crippen molar-refractivity contribution in [1.29, 1.82) is 0 Å². The second-order valence-corrected chi connectivity index (χ2v) is 7.54. The van der Waals surface area contributed by atoms with Gasteiger partial charge in [-0.1, -0.05) is 23.9 Å². The Morgan fingerprint density at radius 1 is 1.22 bits per heavy atom. The molecule has 1 aliphatic heterocycles. The third-order valence-corrected chi connectivity index (χ3v) is 6.07. The number of hydrogen-bond acceptors (Lipinski definition) is 5. The maximum absolute atomic E-state index is 6.08. The largest absolute Gasteiger partial charge is 0.379 e. The molecular formula is C18H20N4S. The zero-order valence-electron chi connectivity index (χ0n) is 13.2. The van der Waals surface area contributed by atoms with E-state index >= 15 is 0 Å². The number of aromatic nitrogens is 2. The first-order valence-electron chi connectivity index (χ1n) is 8.04. The first kappa shape index (κ1) is 14.7. The van der Waals surface area contributed by atoms with Crippen LogP contribution in [0.2, 0.25) is 0 Å². The molecule has 0 amide bonds. The molecule has 1 aromatic heterocycles. The van der Waals surface area contributed by atoms with E-state index in [-0.39, 0.29) is 5.54 Å². The van der Waals surface area contributed by atoms with Crippen molar-refractivity contribution in [2.75, 3.05) is 5.75 Å². The Labute approximate surface area is 140 Å². The number of aliphatic imine (C=N–C) groups is 1. The second kappa shape index (κ2) is 5.64. The second-order valence-electron chi connectivity index (χ2n) is 6.50. The zero-order chi connectivity index (χ0) is 15.9. The Kier molecular flexibility index (Phi) is 3.60. The van der Waals surface area contributed by atoms with E-state index in [1.54, 1.807) is 18.1 Å². The van der Waals surface area contributed by atoms with Gasteiger partial charge in [0, 0.05) is 23.7 Å². The molecule has 4 rings (SSSR count). The molecule has 0 bridgehead atoms. The topological polar surface area (TPSA) is 64.2 Å². The minimum Gasteiger partial charge on any atom is -0.379 e. The summed E-state index contributed by atoms with van der Waals surface area (Å²) in [6.45, 7) is 2.25. The molecule has 0 saturated heterocycles. The summed E-state index contributed by atoms with van der Waals surface area (Å²) < 4.78 is 0. The smallest absolute Gasteiger partial charge is 0.154 e. The van der Waals surface area contributed by atoms with Crippen LogP contribution < -0.4 is 5.73 Å². The molecule has 2 aliphatic rings. The van der Waals surface area contributed by atoms with Crippen molar-refractivity contribution in [3.05, 3.63) is 48.0 Å². The van der Waals surface area contributed by atoms with Crippen molar-refractivity contribution in [3.63, 3.8) is 0 Å². The van der Waals surface area contributed by atoms with Crippen molar-refractivity contribution < 1.29 is 0 Å². The number of aryl methyl sites for hydroxylation is 1. The van der Waals surface area contributed by atoms with Gasteiger partial charge < -0.3 is 5.73 Å². The summed E-state index contributed by atoms with van der Waals surface area (Å²) in [5.74, 6) is 1.60. The van der Waals surface area contributed by atoms with Crippen LogP contribution in [0.5, 0.6) is 0 Å². The summed E-state index contributed by atoms with van der Waals surface area (Å²) in [5, 5.41) is 0.713. The van der Waals surface area contributed by atoms with E-state index in [0.29, 0.717) is 11.1 Å². The van der Waals surface area contributed by atoms with Gasteiger partial charge in [-0.2, -0.15) is 0 Å². The summed E-state index contributed by atoms with van der Waals surface area (Å²) in [6.07, 6.45) is 8.83. The Bertz CT molecular complexity index is 759. The van der Waals surface area contributed by atoms with E-state index in [4.69, 9.17) is 10.7 Å². The van der Waals surface area contributed by atoms with E-state index in [9.17, 15) is 0 Å². The molecule has 23 heavy (non-hydrogen) atoms. The van der Waals surface area contributed by atoms with Gasteiger partial charge in [-0.05, 0) is 54.9 Å². The molecule has 1 aliphatic carbocycles. The fourth-order valence-corrected chi connectivity index (χ4v) is 4.89. The van der Waals surface area contributed by atoms with Crippen molar-refractivity contribution in [2.24, 2.45) is 16.6 Å². The highest BCUT2D eigenvalue weighted by Crippen LogP contribution is 2.46. The van der Waals surface area contributed by atoms with E-state index in [0.717, 1.165) is 23.3 Å². The molecule has 0 fully saturated rings. The average molecular weight is 324 g/mol. The van der Waals surface area contributed by atoms with Crippen LogP contribution in [-0.4, -0.2) is 20.9 Å². The number of hydrogen-bond donors (Lipinski definition) is 1. The monoisotopic (exact) mass is 324 g/mol. The third kappa shape index (κ3) is 2.53. The first-order chi connectivity index (χ1) is 11.2. The average Bonchev–Trinajstić information content (AvgIpc) is 2.71. The lowest BCUT2D eigenvalue weighted by atomic mass is 9.78. The van der Waals surface area contributed by atoms with Crippen molar-refractivity contribution in [2.45, 2.75) is 31.7 Å². The van der Waals surface area contributed by atoms with Gasteiger partial charge in [0.25, 0.3) is 0 Å². The van der Waals surface area contributed by atoms with Crippen molar-refractivity contribution in [3.8, 4) is 11.1 Å². The molecule has 0 radical (unpaired) electrons. The number of fused-ring (bicyclic) bond motifs is 3. The van der Waals surface area contributed by atoms with E-state index in [2.05, 4.69) is 35.1 Å². The van der Waals surface area contributed by atoms with Crippen LogP contribution in [0, 0.1) is 5.92 Å². The van der Waals surface area contributed by atoms with Crippen molar-refractivity contribution >= 4 is 16.9 Å². The summed E-state index contributed by atoms with van der Waals surface area (Å²) >= 11 is 1.69. The summed E-state index contributed by atoms with van der Waals surface area (Å²) in [4.78, 5) is 13.2. The lowest BCUT2D eigenvalue weighted by Crippen LogP contribution is -2.37.